The van der Waals surface area contributed by atoms with Crippen LogP contribution in [0.15, 0.2) is 34.4 Å². The van der Waals surface area contributed by atoms with E-state index in [2.05, 4.69) is 16.0 Å². The average Bonchev–Trinajstić information content (AvgIpc) is 2.75. The molecule has 7 nitrogen and oxygen atoms in total. The number of hydrogen-bond donors (Lipinski definition) is 2. The Bertz CT molecular complexity index is 1020. The van der Waals surface area contributed by atoms with Crippen molar-refractivity contribution in [1.29, 1.82) is 0 Å². The maximum Gasteiger partial charge on any atom is 0.264 e. The van der Waals surface area contributed by atoms with E-state index in [9.17, 15) is 9.90 Å². The Labute approximate surface area is 181 Å². The highest BCUT2D eigenvalue weighted by Crippen LogP contribution is 2.33. The number of nitrogens with zero attached hydrogens (tertiary/aromatic N) is 4. The van der Waals surface area contributed by atoms with Gasteiger partial charge in [0.2, 0.25) is 5.88 Å². The first-order chi connectivity index (χ1) is 14.6. The van der Waals surface area contributed by atoms with Crippen molar-refractivity contribution in [3.05, 3.63) is 50.8 Å². The highest BCUT2D eigenvalue weighted by Gasteiger charge is 2.26. The molecule has 1 atom stereocenters. The fourth-order valence-electron chi connectivity index (χ4n) is 4.73. The van der Waals surface area contributed by atoms with Crippen molar-refractivity contribution in [3.8, 4) is 5.88 Å². The molecule has 30 heavy (non-hydrogen) atoms. The number of hydrazone groups is 1. The number of H-pyrrole nitrogens is 1. The van der Waals surface area contributed by atoms with Crippen LogP contribution in [-0.2, 0) is 0 Å². The van der Waals surface area contributed by atoms with Crippen LogP contribution in [0, 0.1) is 4.77 Å². The van der Waals surface area contributed by atoms with Crippen molar-refractivity contribution in [2.45, 2.75) is 70.4 Å². The second kappa shape index (κ2) is 9.12. The standard InChI is InChI=1S/C22H29N5O2S/c1-15(25-26-13-6-5-11-18(26)16-8-7-12-23-14-16)19-20(28)24-22(30)27(21(19)29)17-9-3-2-4-10-17/h7-8,12,14,17-18,29H,2-6,9-11,13H2,1H3,(H,24,28,30)/b25-15+/t18-/m0/s1. The number of aromatic nitrogens is 3. The number of rotatable bonds is 4. The van der Waals surface area contributed by atoms with Gasteiger partial charge in [0.05, 0.1) is 11.8 Å². The van der Waals surface area contributed by atoms with Gasteiger partial charge >= 0.3 is 0 Å². The van der Waals surface area contributed by atoms with E-state index in [4.69, 9.17) is 17.3 Å². The van der Waals surface area contributed by atoms with E-state index in [1.807, 2.05) is 17.3 Å². The third-order valence-corrected chi connectivity index (χ3v) is 6.54. The van der Waals surface area contributed by atoms with Gasteiger partial charge in [0.1, 0.15) is 5.56 Å². The van der Waals surface area contributed by atoms with Crippen LogP contribution in [0.3, 0.4) is 0 Å². The molecular formula is C22H29N5O2S. The highest BCUT2D eigenvalue weighted by atomic mass is 32.1. The maximum atomic E-state index is 12.7. The lowest BCUT2D eigenvalue weighted by atomic mass is 9.95. The van der Waals surface area contributed by atoms with Crippen LogP contribution in [0.1, 0.15) is 81.5 Å². The Morgan fingerprint density at radius 2 is 2.00 bits per heavy atom. The summed E-state index contributed by atoms with van der Waals surface area (Å²) in [6.07, 6.45) is 12.1. The summed E-state index contributed by atoms with van der Waals surface area (Å²) in [4.78, 5) is 19.7. The van der Waals surface area contributed by atoms with Crippen LogP contribution in [0.2, 0.25) is 0 Å². The SMILES string of the molecule is C/C(=N\N1CCCC[C@H]1c1cccnc1)c1c(O)n(C2CCCCC2)c(=S)[nH]c1=O. The van der Waals surface area contributed by atoms with Gasteiger partial charge in [-0.3, -0.25) is 24.3 Å². The Kier molecular flexibility index (Phi) is 6.32. The molecule has 8 heteroatoms. The molecule has 0 bridgehead atoms. The molecule has 0 amide bonds. The minimum atomic E-state index is -0.388. The molecule has 1 aliphatic heterocycles. The van der Waals surface area contributed by atoms with Gasteiger partial charge in [-0.15, -0.1) is 0 Å². The normalized spacial score (nSPS) is 21.0. The quantitative estimate of drug-likeness (QED) is 0.556. The zero-order valence-corrected chi connectivity index (χ0v) is 18.2. The molecule has 2 aromatic heterocycles. The largest absolute Gasteiger partial charge is 0.494 e. The van der Waals surface area contributed by atoms with Crippen LogP contribution in [0.25, 0.3) is 0 Å². The Morgan fingerprint density at radius 1 is 1.23 bits per heavy atom. The van der Waals surface area contributed by atoms with E-state index < -0.39 is 0 Å². The molecule has 2 N–H and O–H groups in total. The van der Waals surface area contributed by atoms with Gasteiger partial charge in [0.15, 0.2) is 4.77 Å². The predicted molar refractivity (Wildman–Crippen MR) is 119 cm³/mol. The number of nitrogens with one attached hydrogen (secondary N) is 1. The molecule has 1 saturated heterocycles. The zero-order valence-electron chi connectivity index (χ0n) is 17.4. The molecule has 2 fully saturated rings. The second-order valence-corrected chi connectivity index (χ2v) is 8.65. The van der Waals surface area contributed by atoms with Gasteiger partial charge in [0.25, 0.3) is 5.56 Å². The molecule has 2 aliphatic rings. The molecular weight excluding hydrogens is 398 g/mol. The molecule has 1 saturated carbocycles. The van der Waals surface area contributed by atoms with Crippen molar-refractivity contribution >= 4 is 17.9 Å². The monoisotopic (exact) mass is 427 g/mol. The lowest BCUT2D eigenvalue weighted by Gasteiger charge is -2.34. The number of hydrogen-bond acceptors (Lipinski definition) is 6. The van der Waals surface area contributed by atoms with E-state index in [1.54, 1.807) is 17.7 Å². The van der Waals surface area contributed by atoms with Gasteiger partial charge in [-0.05, 0) is 62.9 Å². The van der Waals surface area contributed by atoms with Crippen LogP contribution < -0.4 is 5.56 Å². The zero-order chi connectivity index (χ0) is 21.1. The molecule has 1 aliphatic carbocycles. The number of piperidine rings is 1. The molecule has 0 unspecified atom stereocenters. The molecule has 0 aromatic carbocycles. The van der Waals surface area contributed by atoms with Crippen molar-refractivity contribution in [1.82, 2.24) is 19.5 Å². The van der Waals surface area contributed by atoms with E-state index in [0.29, 0.717) is 5.71 Å². The molecule has 3 heterocycles. The fourth-order valence-corrected chi connectivity index (χ4v) is 5.06. The second-order valence-electron chi connectivity index (χ2n) is 8.27. The Hall–Kier alpha value is -2.48. The van der Waals surface area contributed by atoms with E-state index in [1.165, 1.54) is 6.42 Å². The number of pyridine rings is 1. The minimum Gasteiger partial charge on any atom is -0.494 e. The van der Waals surface area contributed by atoms with Crippen molar-refractivity contribution in [3.63, 3.8) is 0 Å². The maximum absolute atomic E-state index is 12.7. The topological polar surface area (TPSA) is 86.5 Å². The average molecular weight is 428 g/mol. The van der Waals surface area contributed by atoms with Crippen LogP contribution in [0.5, 0.6) is 5.88 Å². The fraction of sp³-hybridized carbons (Fsp3) is 0.545. The Balaban J connectivity index is 1.71. The van der Waals surface area contributed by atoms with Crippen LogP contribution in [-0.4, -0.2) is 36.9 Å². The predicted octanol–water partition coefficient (Wildman–Crippen LogP) is 4.46. The van der Waals surface area contributed by atoms with Gasteiger partial charge < -0.3 is 5.11 Å². The van der Waals surface area contributed by atoms with Crippen LogP contribution in [0.4, 0.5) is 0 Å². The summed E-state index contributed by atoms with van der Waals surface area (Å²) < 4.78 is 2.01. The summed E-state index contributed by atoms with van der Waals surface area (Å²) in [6.45, 7) is 2.59. The smallest absolute Gasteiger partial charge is 0.264 e. The summed E-state index contributed by atoms with van der Waals surface area (Å²) in [5.41, 5.74) is 1.44. The van der Waals surface area contributed by atoms with Crippen molar-refractivity contribution in [2.24, 2.45) is 5.10 Å². The summed E-state index contributed by atoms with van der Waals surface area (Å²) >= 11 is 5.39. The van der Waals surface area contributed by atoms with E-state index >= 15 is 0 Å². The van der Waals surface area contributed by atoms with Crippen molar-refractivity contribution < 1.29 is 5.11 Å². The number of aromatic hydroxyl groups is 1. The van der Waals surface area contributed by atoms with E-state index in [-0.39, 0.29) is 33.9 Å². The molecule has 0 radical (unpaired) electrons. The Morgan fingerprint density at radius 3 is 2.73 bits per heavy atom. The summed E-state index contributed by atoms with van der Waals surface area (Å²) in [6, 6.07) is 4.23. The summed E-state index contributed by atoms with van der Waals surface area (Å²) in [7, 11) is 0. The lowest BCUT2D eigenvalue weighted by molar-refractivity contribution is 0.155. The van der Waals surface area contributed by atoms with Crippen LogP contribution >= 0.6 is 12.2 Å². The van der Waals surface area contributed by atoms with Crippen molar-refractivity contribution in [2.75, 3.05) is 6.54 Å². The van der Waals surface area contributed by atoms with Gasteiger partial charge in [-0.1, -0.05) is 25.3 Å². The first-order valence-corrected chi connectivity index (χ1v) is 11.3. The van der Waals surface area contributed by atoms with Gasteiger partial charge in [-0.25, -0.2) is 0 Å². The molecule has 160 valence electrons. The first-order valence-electron chi connectivity index (χ1n) is 10.9. The summed E-state index contributed by atoms with van der Waals surface area (Å²) in [5.74, 6) is -0.0631. The third kappa shape index (κ3) is 4.19. The lowest BCUT2D eigenvalue weighted by Crippen LogP contribution is -2.31. The molecule has 2 aromatic rings. The highest BCUT2D eigenvalue weighted by molar-refractivity contribution is 7.71. The first kappa shape index (κ1) is 20.8. The van der Waals surface area contributed by atoms with Gasteiger partial charge in [-0.2, -0.15) is 5.10 Å². The number of aromatic amines is 1. The third-order valence-electron chi connectivity index (χ3n) is 6.24. The minimum absolute atomic E-state index is 0.0631. The van der Waals surface area contributed by atoms with Gasteiger partial charge in [0, 0.05) is 25.0 Å². The molecule has 0 spiro atoms. The summed E-state index contributed by atoms with van der Waals surface area (Å²) in [5, 5.41) is 17.9. The van der Waals surface area contributed by atoms with E-state index in [0.717, 1.165) is 57.1 Å². The molecule has 4 rings (SSSR count).